The molecule has 1 unspecified atom stereocenters. The van der Waals surface area contributed by atoms with Crippen molar-refractivity contribution in [3.05, 3.63) is 12.8 Å². The highest BCUT2D eigenvalue weighted by Gasteiger charge is 2.05. The van der Waals surface area contributed by atoms with E-state index in [2.05, 4.69) is 11.1 Å². The summed E-state index contributed by atoms with van der Waals surface area (Å²) in [4.78, 5) is 7.77. The molecule has 3 nitrogen and oxygen atoms in total. The van der Waals surface area contributed by atoms with Crippen molar-refractivity contribution in [1.82, 2.24) is 0 Å². The van der Waals surface area contributed by atoms with Crippen LogP contribution in [0.1, 0.15) is 0 Å². The highest BCUT2D eigenvalue weighted by molar-refractivity contribution is 7.32. The number of rotatable bonds is 2. The van der Waals surface area contributed by atoms with Crippen molar-refractivity contribution < 1.29 is 14.0 Å². The lowest BCUT2D eigenvalue weighted by atomic mass is 11.2. The van der Waals surface area contributed by atoms with E-state index in [1.54, 1.807) is 0 Å². The molecule has 0 bridgehead atoms. The summed E-state index contributed by atoms with van der Waals surface area (Å²) in [5, 5.41) is 0. The van der Waals surface area contributed by atoms with Gasteiger partial charge < -0.3 is 0 Å². The van der Waals surface area contributed by atoms with Crippen LogP contribution in [0.5, 0.6) is 0 Å². The van der Waals surface area contributed by atoms with Gasteiger partial charge in [0.2, 0.25) is 0 Å². The maximum absolute atomic E-state index is 9.45. The van der Waals surface area contributed by atoms with Crippen molar-refractivity contribution >= 4 is 8.25 Å². The first-order chi connectivity index (χ1) is 2.77. The molecule has 1 atom stereocenters. The molecule has 0 spiro atoms. The summed E-state index contributed by atoms with van der Waals surface area (Å²) in [5.41, 5.74) is 0. The van der Waals surface area contributed by atoms with E-state index < -0.39 is 8.25 Å². The molecular formula is C2H4O3P+. The molecular weight excluding hydrogens is 103 g/mol. The van der Waals surface area contributed by atoms with Gasteiger partial charge in [0, 0.05) is 4.57 Å². The van der Waals surface area contributed by atoms with Gasteiger partial charge in [0.1, 0.15) is 6.26 Å². The second-order valence-corrected chi connectivity index (χ2v) is 1.20. The SMILES string of the molecule is C=CO[P+](=O)O. The molecule has 0 aromatic carbocycles. The molecule has 0 aliphatic heterocycles. The van der Waals surface area contributed by atoms with Gasteiger partial charge in [0.15, 0.2) is 0 Å². The summed E-state index contributed by atoms with van der Waals surface area (Å²) in [7, 11) is -2.47. The van der Waals surface area contributed by atoms with Gasteiger partial charge >= 0.3 is 8.25 Å². The molecule has 4 heteroatoms. The standard InChI is InChI=1S/C2H3O3P/c1-2-5-6(3)4/h2H,1H2/p+1. The van der Waals surface area contributed by atoms with E-state index in [9.17, 15) is 4.57 Å². The highest BCUT2D eigenvalue weighted by atomic mass is 31.1. The van der Waals surface area contributed by atoms with Crippen molar-refractivity contribution in [2.24, 2.45) is 0 Å². The summed E-state index contributed by atoms with van der Waals surface area (Å²) in [6.07, 6.45) is 0.915. The van der Waals surface area contributed by atoms with Crippen molar-refractivity contribution in [1.29, 1.82) is 0 Å². The molecule has 0 radical (unpaired) electrons. The fourth-order valence-corrected chi connectivity index (χ4v) is 0.191. The molecule has 1 N–H and O–H groups in total. The Hall–Kier alpha value is -0.400. The minimum atomic E-state index is -2.47. The first kappa shape index (κ1) is 5.60. The summed E-state index contributed by atoms with van der Waals surface area (Å²) in [5.74, 6) is 0. The van der Waals surface area contributed by atoms with E-state index in [0.717, 1.165) is 6.26 Å². The summed E-state index contributed by atoms with van der Waals surface area (Å²) >= 11 is 0. The van der Waals surface area contributed by atoms with E-state index in [1.807, 2.05) is 0 Å². The molecule has 0 aromatic rings. The van der Waals surface area contributed by atoms with Crippen LogP contribution in [0.15, 0.2) is 12.8 Å². The quantitative estimate of drug-likeness (QED) is 0.419. The Labute approximate surface area is 36.2 Å². The lowest BCUT2D eigenvalue weighted by molar-refractivity contribution is 0.379. The first-order valence-electron chi connectivity index (χ1n) is 1.21. The topological polar surface area (TPSA) is 46.5 Å². The lowest BCUT2D eigenvalue weighted by Gasteiger charge is -1.63. The van der Waals surface area contributed by atoms with E-state index in [4.69, 9.17) is 4.89 Å². The average Bonchev–Trinajstić information content (AvgIpc) is 1.35. The zero-order valence-corrected chi connectivity index (χ0v) is 3.89. The van der Waals surface area contributed by atoms with Crippen LogP contribution in [0.25, 0.3) is 0 Å². The Kier molecular flexibility index (Phi) is 2.63. The van der Waals surface area contributed by atoms with Crippen molar-refractivity contribution in [2.45, 2.75) is 0 Å². The van der Waals surface area contributed by atoms with Crippen LogP contribution in [-0.4, -0.2) is 4.89 Å². The normalized spacial score (nSPS) is 9.83. The molecule has 34 valence electrons. The third kappa shape index (κ3) is 3.60. The van der Waals surface area contributed by atoms with Crippen LogP contribution in [0.4, 0.5) is 0 Å². The molecule has 0 aliphatic carbocycles. The van der Waals surface area contributed by atoms with Gasteiger partial charge in [0.05, 0.1) is 0 Å². The maximum atomic E-state index is 9.45. The van der Waals surface area contributed by atoms with Gasteiger partial charge in [0.25, 0.3) is 0 Å². The Bertz CT molecular complexity index is 69.2. The number of hydrogen-bond acceptors (Lipinski definition) is 2. The highest BCUT2D eigenvalue weighted by Crippen LogP contribution is 2.12. The third-order valence-electron chi connectivity index (χ3n) is 0.165. The molecule has 0 rings (SSSR count). The minimum Gasteiger partial charge on any atom is -0.238 e. The van der Waals surface area contributed by atoms with Gasteiger partial charge in [-0.1, -0.05) is 6.58 Å². The van der Waals surface area contributed by atoms with E-state index in [0.29, 0.717) is 0 Å². The fourth-order valence-electron chi connectivity index (χ4n) is 0.0638. The number of hydrogen-bond donors (Lipinski definition) is 1. The van der Waals surface area contributed by atoms with Crippen molar-refractivity contribution in [2.75, 3.05) is 0 Å². The van der Waals surface area contributed by atoms with Crippen LogP contribution in [0, 0.1) is 0 Å². The van der Waals surface area contributed by atoms with E-state index in [-0.39, 0.29) is 0 Å². The molecule has 0 amide bonds. The van der Waals surface area contributed by atoms with Crippen LogP contribution < -0.4 is 0 Å². The Morgan fingerprint density at radius 3 is 2.50 bits per heavy atom. The molecule has 0 saturated carbocycles. The zero-order valence-electron chi connectivity index (χ0n) is 3.00. The van der Waals surface area contributed by atoms with E-state index in [1.165, 1.54) is 0 Å². The average molecular weight is 107 g/mol. The van der Waals surface area contributed by atoms with Gasteiger partial charge in [-0.05, 0) is 0 Å². The fraction of sp³-hybridized carbons (Fsp3) is 0. The zero-order chi connectivity index (χ0) is 4.99. The largest absolute Gasteiger partial charge is 0.746 e. The van der Waals surface area contributed by atoms with Crippen LogP contribution in [0.3, 0.4) is 0 Å². The minimum absolute atomic E-state index is 0.915. The van der Waals surface area contributed by atoms with Crippen LogP contribution in [-0.2, 0) is 9.09 Å². The maximum Gasteiger partial charge on any atom is 0.746 e. The molecule has 0 saturated heterocycles. The Morgan fingerprint density at radius 2 is 2.50 bits per heavy atom. The predicted molar refractivity (Wildman–Crippen MR) is 21.1 cm³/mol. The molecule has 6 heavy (non-hydrogen) atoms. The molecule has 0 aromatic heterocycles. The summed E-state index contributed by atoms with van der Waals surface area (Å²) in [6.45, 7) is 3.03. The summed E-state index contributed by atoms with van der Waals surface area (Å²) < 4.78 is 13.3. The van der Waals surface area contributed by atoms with Crippen molar-refractivity contribution in [3.8, 4) is 0 Å². The van der Waals surface area contributed by atoms with Crippen LogP contribution in [0.2, 0.25) is 0 Å². The summed E-state index contributed by atoms with van der Waals surface area (Å²) in [6, 6.07) is 0. The molecule has 0 fully saturated rings. The molecule has 0 heterocycles. The van der Waals surface area contributed by atoms with E-state index >= 15 is 0 Å². The smallest absolute Gasteiger partial charge is 0.238 e. The van der Waals surface area contributed by atoms with Gasteiger partial charge in [-0.2, -0.15) is 0 Å². The molecule has 0 aliphatic rings. The van der Waals surface area contributed by atoms with Gasteiger partial charge in [-0.3, -0.25) is 0 Å². The van der Waals surface area contributed by atoms with Crippen LogP contribution >= 0.6 is 8.25 Å². The Balaban J connectivity index is 3.05. The second kappa shape index (κ2) is 2.82. The second-order valence-electron chi connectivity index (χ2n) is 0.510. The Morgan fingerprint density at radius 1 is 2.00 bits per heavy atom. The monoisotopic (exact) mass is 107 g/mol. The van der Waals surface area contributed by atoms with Gasteiger partial charge in [-0.15, -0.1) is 4.89 Å². The lowest BCUT2D eigenvalue weighted by Crippen LogP contribution is -1.55. The third-order valence-corrected chi connectivity index (χ3v) is 0.494. The first-order valence-corrected chi connectivity index (χ1v) is 2.34. The predicted octanol–water partition coefficient (Wildman–Crippen LogP) is 0.796. The van der Waals surface area contributed by atoms with Crippen molar-refractivity contribution in [3.63, 3.8) is 0 Å². The van der Waals surface area contributed by atoms with Gasteiger partial charge in [-0.25, -0.2) is 4.52 Å².